The molecule has 0 radical (unpaired) electrons. The summed E-state index contributed by atoms with van der Waals surface area (Å²) in [6.45, 7) is 12.3. The zero-order valence-electron chi connectivity index (χ0n) is 23.1. The number of benzene rings is 2. The minimum atomic E-state index is -3.66. The van der Waals surface area contributed by atoms with Gasteiger partial charge in [0.05, 0.1) is 15.1 Å². The van der Waals surface area contributed by atoms with Crippen LogP contribution in [0, 0.1) is 18.8 Å². The van der Waals surface area contributed by atoms with Gasteiger partial charge in [0.15, 0.2) is 5.13 Å². The van der Waals surface area contributed by atoms with Crippen LogP contribution in [0.1, 0.15) is 50.0 Å². The minimum Gasteiger partial charge on any atom is -0.309 e. The summed E-state index contributed by atoms with van der Waals surface area (Å²) >= 11 is 1.50. The van der Waals surface area contributed by atoms with Gasteiger partial charge in [0, 0.05) is 25.2 Å². The smallest absolute Gasteiger partial charge is 0.260 e. The molecular formula is C28H40N4O3S2. The van der Waals surface area contributed by atoms with Crippen LogP contribution < -0.4 is 4.90 Å². The van der Waals surface area contributed by atoms with E-state index in [9.17, 15) is 13.2 Å². The van der Waals surface area contributed by atoms with E-state index in [1.54, 1.807) is 33.5 Å². The normalized spacial score (nSPS) is 12.4. The number of rotatable bonds is 12. The third-order valence-electron chi connectivity index (χ3n) is 5.95. The number of amides is 1. The van der Waals surface area contributed by atoms with E-state index in [0.717, 1.165) is 28.7 Å². The molecule has 202 valence electrons. The van der Waals surface area contributed by atoms with Crippen LogP contribution in [-0.2, 0) is 10.0 Å². The predicted octanol–water partition coefficient (Wildman–Crippen LogP) is 5.51. The molecule has 37 heavy (non-hydrogen) atoms. The number of carbonyl (C=O) groups excluding carboxylic acids is 1. The van der Waals surface area contributed by atoms with E-state index < -0.39 is 10.0 Å². The van der Waals surface area contributed by atoms with E-state index >= 15 is 0 Å². The molecule has 9 heteroatoms. The van der Waals surface area contributed by atoms with Crippen molar-refractivity contribution >= 4 is 42.6 Å². The molecule has 0 aliphatic rings. The van der Waals surface area contributed by atoms with Gasteiger partial charge in [0.1, 0.15) is 0 Å². The van der Waals surface area contributed by atoms with Gasteiger partial charge in [0.25, 0.3) is 5.91 Å². The van der Waals surface area contributed by atoms with E-state index in [4.69, 9.17) is 4.98 Å². The number of carbonyl (C=O) groups is 1. The van der Waals surface area contributed by atoms with Crippen molar-refractivity contribution < 1.29 is 13.2 Å². The molecule has 0 aliphatic heterocycles. The largest absolute Gasteiger partial charge is 0.309 e. The minimum absolute atomic E-state index is 0.180. The Hall–Kier alpha value is -2.33. The number of aromatic nitrogens is 1. The summed E-state index contributed by atoms with van der Waals surface area (Å²) in [5.74, 6) is 0.241. The third-order valence-corrected chi connectivity index (χ3v) is 8.84. The molecule has 0 spiro atoms. The number of nitrogens with zero attached hydrogens (tertiary/aromatic N) is 4. The average Bonchev–Trinajstić information content (AvgIpc) is 3.26. The molecule has 0 saturated heterocycles. The summed E-state index contributed by atoms with van der Waals surface area (Å²) < 4.78 is 29.4. The van der Waals surface area contributed by atoms with Crippen molar-refractivity contribution in [2.24, 2.45) is 11.8 Å². The highest BCUT2D eigenvalue weighted by atomic mass is 32.2. The first-order valence-electron chi connectivity index (χ1n) is 12.8. The summed E-state index contributed by atoms with van der Waals surface area (Å²) in [5, 5.41) is 0.657. The van der Waals surface area contributed by atoms with Crippen LogP contribution in [0.4, 0.5) is 5.13 Å². The molecule has 1 aromatic heterocycles. The summed E-state index contributed by atoms with van der Waals surface area (Å²) in [6, 6.07) is 12.4. The van der Waals surface area contributed by atoms with Crippen molar-refractivity contribution in [3.63, 3.8) is 0 Å². The summed E-state index contributed by atoms with van der Waals surface area (Å²) in [7, 11) is 0.357. The highest BCUT2D eigenvalue weighted by Gasteiger charge is 2.27. The molecule has 0 bridgehead atoms. The van der Waals surface area contributed by atoms with Crippen molar-refractivity contribution in [3.8, 4) is 0 Å². The predicted molar refractivity (Wildman–Crippen MR) is 154 cm³/mol. The second-order valence-corrected chi connectivity index (χ2v) is 13.6. The van der Waals surface area contributed by atoms with Crippen LogP contribution >= 0.6 is 11.3 Å². The Morgan fingerprint density at radius 3 is 2.11 bits per heavy atom. The van der Waals surface area contributed by atoms with Crippen LogP contribution in [0.3, 0.4) is 0 Å². The highest BCUT2D eigenvalue weighted by molar-refractivity contribution is 7.89. The van der Waals surface area contributed by atoms with E-state index in [1.165, 1.54) is 11.3 Å². The Morgan fingerprint density at radius 2 is 1.57 bits per heavy atom. The number of sulfonamides is 1. The Balaban J connectivity index is 1.91. The standard InChI is InChI=1S/C28H40N4O3S2/c1-20(2)18-31(19-21(3)4)37(34,35)24-14-12-23(13-15-24)27(33)32(17-9-16-30(6)7)28-29-26-22(5)10-8-11-25(26)36-28/h8,10-15,20-21H,9,16-19H2,1-7H3. The van der Waals surface area contributed by atoms with Crippen molar-refractivity contribution in [3.05, 3.63) is 53.6 Å². The van der Waals surface area contributed by atoms with Crippen molar-refractivity contribution in [1.82, 2.24) is 14.2 Å². The van der Waals surface area contributed by atoms with Gasteiger partial charge in [0.2, 0.25) is 10.0 Å². The molecule has 0 N–H and O–H groups in total. The van der Waals surface area contributed by atoms with Gasteiger partial charge in [-0.05, 0) is 81.7 Å². The van der Waals surface area contributed by atoms with Crippen LogP contribution in [-0.4, -0.2) is 68.8 Å². The Morgan fingerprint density at radius 1 is 0.946 bits per heavy atom. The first kappa shape index (κ1) is 29.2. The molecule has 0 saturated carbocycles. The van der Waals surface area contributed by atoms with Gasteiger partial charge < -0.3 is 4.90 Å². The molecule has 0 unspecified atom stereocenters. The lowest BCUT2D eigenvalue weighted by Gasteiger charge is -2.26. The van der Waals surface area contributed by atoms with E-state index in [0.29, 0.717) is 30.3 Å². The summed E-state index contributed by atoms with van der Waals surface area (Å²) in [6.07, 6.45) is 0.791. The van der Waals surface area contributed by atoms with Gasteiger partial charge in [-0.3, -0.25) is 9.69 Å². The van der Waals surface area contributed by atoms with Gasteiger partial charge in [-0.1, -0.05) is 51.2 Å². The van der Waals surface area contributed by atoms with Gasteiger partial charge in [-0.25, -0.2) is 13.4 Å². The number of fused-ring (bicyclic) bond motifs is 1. The number of anilines is 1. The van der Waals surface area contributed by atoms with Crippen molar-refractivity contribution in [2.75, 3.05) is 45.2 Å². The van der Waals surface area contributed by atoms with Crippen LogP contribution in [0.25, 0.3) is 10.2 Å². The van der Waals surface area contributed by atoms with Gasteiger partial charge in [-0.2, -0.15) is 4.31 Å². The Bertz CT molecular complexity index is 1290. The first-order chi connectivity index (χ1) is 17.4. The summed E-state index contributed by atoms with van der Waals surface area (Å²) in [5.41, 5.74) is 2.42. The molecule has 7 nitrogen and oxygen atoms in total. The van der Waals surface area contributed by atoms with E-state index in [2.05, 4.69) is 4.90 Å². The molecule has 0 atom stereocenters. The fourth-order valence-electron chi connectivity index (χ4n) is 4.18. The lowest BCUT2D eigenvalue weighted by Crippen LogP contribution is -2.37. The zero-order valence-corrected chi connectivity index (χ0v) is 24.7. The Kier molecular flexibility index (Phi) is 9.86. The maximum Gasteiger partial charge on any atom is 0.260 e. The second kappa shape index (κ2) is 12.5. The fraction of sp³-hybridized carbons (Fsp3) is 0.500. The first-order valence-corrected chi connectivity index (χ1v) is 15.1. The van der Waals surface area contributed by atoms with Crippen molar-refractivity contribution in [2.45, 2.75) is 45.9 Å². The number of aryl methyl sites for hydroxylation is 1. The number of para-hydroxylation sites is 1. The number of thiazole rings is 1. The van der Waals surface area contributed by atoms with Gasteiger partial charge in [-0.15, -0.1) is 0 Å². The summed E-state index contributed by atoms with van der Waals surface area (Å²) in [4.78, 5) is 22.5. The monoisotopic (exact) mass is 544 g/mol. The lowest BCUT2D eigenvalue weighted by molar-refractivity contribution is 0.0986. The van der Waals surface area contributed by atoms with Gasteiger partial charge >= 0.3 is 0 Å². The van der Waals surface area contributed by atoms with Crippen LogP contribution in [0.5, 0.6) is 0 Å². The van der Waals surface area contributed by atoms with Crippen LogP contribution in [0.2, 0.25) is 0 Å². The van der Waals surface area contributed by atoms with Crippen molar-refractivity contribution in [1.29, 1.82) is 0 Å². The highest BCUT2D eigenvalue weighted by Crippen LogP contribution is 2.32. The average molecular weight is 545 g/mol. The Labute approximate surface area is 226 Å². The molecule has 2 aromatic carbocycles. The maximum absolute atomic E-state index is 13.7. The molecule has 3 aromatic rings. The molecular weight excluding hydrogens is 504 g/mol. The number of hydrogen-bond acceptors (Lipinski definition) is 6. The third kappa shape index (κ3) is 7.37. The number of hydrogen-bond donors (Lipinski definition) is 0. The van der Waals surface area contributed by atoms with Crippen LogP contribution in [0.15, 0.2) is 47.4 Å². The fourth-order valence-corrected chi connectivity index (χ4v) is 7.01. The van der Waals surface area contributed by atoms with E-state index in [-0.39, 0.29) is 22.6 Å². The molecule has 1 heterocycles. The molecule has 0 aliphatic carbocycles. The molecule has 0 fully saturated rings. The quantitative estimate of drug-likeness (QED) is 0.301. The zero-order chi connectivity index (χ0) is 27.3. The van der Waals surface area contributed by atoms with E-state index in [1.807, 2.05) is 66.9 Å². The molecule has 3 rings (SSSR count). The lowest BCUT2D eigenvalue weighted by atomic mass is 10.2. The molecule has 1 amide bonds. The maximum atomic E-state index is 13.7. The second-order valence-electron chi connectivity index (χ2n) is 10.7. The SMILES string of the molecule is Cc1cccc2sc(N(CCCN(C)C)C(=O)c3ccc(S(=O)(=O)N(CC(C)C)CC(C)C)cc3)nc12. The topological polar surface area (TPSA) is 73.8 Å².